The molecule has 21 heavy (non-hydrogen) atoms. The molecule has 0 amide bonds. The van der Waals surface area contributed by atoms with Crippen molar-refractivity contribution in [2.75, 3.05) is 16.9 Å². The van der Waals surface area contributed by atoms with E-state index in [9.17, 15) is 0 Å². The third-order valence-electron chi connectivity index (χ3n) is 2.52. The van der Waals surface area contributed by atoms with Gasteiger partial charge in [-0.1, -0.05) is 0 Å². The van der Waals surface area contributed by atoms with Gasteiger partial charge in [-0.3, -0.25) is 0 Å². The summed E-state index contributed by atoms with van der Waals surface area (Å²) < 4.78 is 0.856. The zero-order valence-electron chi connectivity index (χ0n) is 12.1. The van der Waals surface area contributed by atoms with Crippen molar-refractivity contribution in [2.45, 2.75) is 24.8 Å². The van der Waals surface area contributed by atoms with Crippen LogP contribution in [-0.4, -0.2) is 22.3 Å². The molecule has 114 valence electrons. The number of hydrogen-bond donors (Lipinski definition) is 2. The summed E-state index contributed by atoms with van der Waals surface area (Å²) in [4.78, 5) is 9.97. The SMILES string of the molecule is CSc1ccc(Nc2ncc(Br)c(NC(C)C)n2)cc1.Cl. The molecule has 7 heteroatoms. The first kappa shape index (κ1) is 18.1. The molecular weight excluding hydrogens is 372 g/mol. The number of nitrogens with one attached hydrogen (secondary N) is 2. The first-order chi connectivity index (χ1) is 9.58. The Kier molecular flexibility index (Phi) is 7.28. The number of hydrogen-bond acceptors (Lipinski definition) is 5. The molecule has 0 unspecified atom stereocenters. The summed E-state index contributed by atoms with van der Waals surface area (Å²) in [6, 6.07) is 8.49. The molecule has 0 saturated carbocycles. The van der Waals surface area contributed by atoms with Gasteiger partial charge in [-0.2, -0.15) is 4.98 Å². The van der Waals surface area contributed by atoms with E-state index in [1.807, 2.05) is 12.1 Å². The highest BCUT2D eigenvalue weighted by Crippen LogP contribution is 2.23. The number of benzene rings is 1. The second kappa shape index (κ2) is 8.46. The average molecular weight is 390 g/mol. The summed E-state index contributed by atoms with van der Waals surface area (Å²) in [6.45, 7) is 4.14. The van der Waals surface area contributed by atoms with Crippen LogP contribution in [0, 0.1) is 0 Å². The molecule has 2 N–H and O–H groups in total. The van der Waals surface area contributed by atoms with Gasteiger partial charge in [0.15, 0.2) is 0 Å². The molecule has 0 saturated heterocycles. The van der Waals surface area contributed by atoms with Gasteiger partial charge >= 0.3 is 0 Å². The summed E-state index contributed by atoms with van der Waals surface area (Å²) >= 11 is 5.17. The zero-order valence-corrected chi connectivity index (χ0v) is 15.3. The lowest BCUT2D eigenvalue weighted by atomic mass is 10.3. The molecule has 1 heterocycles. The summed E-state index contributed by atoms with van der Waals surface area (Å²) in [5.41, 5.74) is 0.973. The average Bonchev–Trinajstić information content (AvgIpc) is 2.43. The van der Waals surface area contributed by atoms with Crippen LogP contribution in [0.15, 0.2) is 39.8 Å². The highest BCUT2D eigenvalue weighted by atomic mass is 79.9. The van der Waals surface area contributed by atoms with E-state index in [4.69, 9.17) is 0 Å². The third kappa shape index (κ3) is 5.37. The standard InChI is InChI=1S/C14H17BrN4S.ClH/c1-9(2)17-13-12(15)8-16-14(19-13)18-10-4-6-11(20-3)7-5-10;/h4-9H,1-3H3,(H2,16,17,18,19);1H. The minimum atomic E-state index is 0. The van der Waals surface area contributed by atoms with Gasteiger partial charge in [0.25, 0.3) is 0 Å². The lowest BCUT2D eigenvalue weighted by Crippen LogP contribution is -2.12. The molecule has 1 aromatic heterocycles. The van der Waals surface area contributed by atoms with Crippen LogP contribution in [0.2, 0.25) is 0 Å². The molecule has 0 atom stereocenters. The van der Waals surface area contributed by atoms with E-state index in [0.717, 1.165) is 16.0 Å². The van der Waals surface area contributed by atoms with Gasteiger partial charge in [0, 0.05) is 22.8 Å². The molecule has 2 aromatic rings. The van der Waals surface area contributed by atoms with Crippen molar-refractivity contribution in [3.05, 3.63) is 34.9 Å². The van der Waals surface area contributed by atoms with Crippen LogP contribution in [0.3, 0.4) is 0 Å². The highest BCUT2D eigenvalue weighted by Gasteiger charge is 2.06. The van der Waals surface area contributed by atoms with Crippen LogP contribution >= 0.6 is 40.1 Å². The molecule has 2 rings (SSSR count). The first-order valence-corrected chi connectivity index (χ1v) is 8.30. The van der Waals surface area contributed by atoms with Gasteiger partial charge in [0.2, 0.25) is 5.95 Å². The first-order valence-electron chi connectivity index (χ1n) is 6.28. The Labute approximate surface area is 144 Å². The van der Waals surface area contributed by atoms with Crippen LogP contribution in [0.4, 0.5) is 17.5 Å². The smallest absolute Gasteiger partial charge is 0.229 e. The number of thioether (sulfide) groups is 1. The van der Waals surface area contributed by atoms with Crippen molar-refractivity contribution >= 4 is 57.6 Å². The number of nitrogens with zero attached hydrogens (tertiary/aromatic N) is 2. The Morgan fingerprint density at radius 2 is 1.86 bits per heavy atom. The second-order valence-electron chi connectivity index (χ2n) is 4.54. The van der Waals surface area contributed by atoms with Crippen LogP contribution < -0.4 is 10.6 Å². The van der Waals surface area contributed by atoms with E-state index < -0.39 is 0 Å². The van der Waals surface area contributed by atoms with Crippen molar-refractivity contribution in [1.29, 1.82) is 0 Å². The summed E-state index contributed by atoms with van der Waals surface area (Å²) in [7, 11) is 0. The van der Waals surface area contributed by atoms with Crippen molar-refractivity contribution < 1.29 is 0 Å². The molecule has 0 spiro atoms. The van der Waals surface area contributed by atoms with Crippen LogP contribution in [0.1, 0.15) is 13.8 Å². The van der Waals surface area contributed by atoms with Gasteiger partial charge in [0.1, 0.15) is 5.82 Å². The Balaban J connectivity index is 0.00000220. The minimum absolute atomic E-state index is 0. The molecule has 0 aliphatic carbocycles. The molecule has 0 aliphatic heterocycles. The highest BCUT2D eigenvalue weighted by molar-refractivity contribution is 9.10. The lowest BCUT2D eigenvalue weighted by Gasteiger charge is -2.12. The topological polar surface area (TPSA) is 49.8 Å². The number of rotatable bonds is 5. The molecule has 0 bridgehead atoms. The van der Waals surface area contributed by atoms with E-state index in [2.05, 4.69) is 68.8 Å². The normalized spacial score (nSPS) is 10.1. The lowest BCUT2D eigenvalue weighted by molar-refractivity contribution is 0.885. The molecule has 1 aromatic carbocycles. The fourth-order valence-corrected chi connectivity index (χ4v) is 2.32. The Bertz CT molecular complexity index is 578. The summed E-state index contributed by atoms with van der Waals surface area (Å²) in [6.07, 6.45) is 3.81. The molecule has 0 aliphatic rings. The maximum atomic E-state index is 4.46. The van der Waals surface area contributed by atoms with Gasteiger partial charge in [-0.15, -0.1) is 24.2 Å². The fourth-order valence-electron chi connectivity index (χ4n) is 1.61. The summed E-state index contributed by atoms with van der Waals surface area (Å²) in [5, 5.41) is 6.48. The number of halogens is 2. The van der Waals surface area contributed by atoms with Gasteiger partial charge in [0.05, 0.1) is 4.47 Å². The van der Waals surface area contributed by atoms with Crippen LogP contribution in [0.5, 0.6) is 0 Å². The van der Waals surface area contributed by atoms with Crippen molar-refractivity contribution in [3.8, 4) is 0 Å². The van der Waals surface area contributed by atoms with Crippen LogP contribution in [0.25, 0.3) is 0 Å². The Morgan fingerprint density at radius 3 is 2.43 bits per heavy atom. The summed E-state index contributed by atoms with van der Waals surface area (Å²) in [5.74, 6) is 1.37. The molecule has 0 radical (unpaired) electrons. The number of anilines is 3. The van der Waals surface area contributed by atoms with E-state index in [0.29, 0.717) is 12.0 Å². The van der Waals surface area contributed by atoms with Crippen LogP contribution in [-0.2, 0) is 0 Å². The maximum absolute atomic E-state index is 4.46. The minimum Gasteiger partial charge on any atom is -0.367 e. The number of aromatic nitrogens is 2. The van der Waals surface area contributed by atoms with Gasteiger partial charge in [-0.25, -0.2) is 4.98 Å². The quantitative estimate of drug-likeness (QED) is 0.709. The maximum Gasteiger partial charge on any atom is 0.229 e. The largest absolute Gasteiger partial charge is 0.367 e. The van der Waals surface area contributed by atoms with Crippen molar-refractivity contribution in [2.24, 2.45) is 0 Å². The predicted molar refractivity (Wildman–Crippen MR) is 97.2 cm³/mol. The van der Waals surface area contributed by atoms with Gasteiger partial charge in [-0.05, 0) is 60.3 Å². The Hall–Kier alpha value is -0.980. The Morgan fingerprint density at radius 1 is 1.19 bits per heavy atom. The zero-order chi connectivity index (χ0) is 14.5. The fraction of sp³-hybridized carbons (Fsp3) is 0.286. The van der Waals surface area contributed by atoms with Crippen molar-refractivity contribution in [1.82, 2.24) is 9.97 Å². The van der Waals surface area contributed by atoms with E-state index in [-0.39, 0.29) is 12.4 Å². The molecule has 0 fully saturated rings. The molecule has 4 nitrogen and oxygen atoms in total. The van der Waals surface area contributed by atoms with E-state index in [1.165, 1.54) is 4.90 Å². The molecular formula is C14H18BrClN4S. The van der Waals surface area contributed by atoms with Crippen molar-refractivity contribution in [3.63, 3.8) is 0 Å². The van der Waals surface area contributed by atoms with E-state index >= 15 is 0 Å². The second-order valence-corrected chi connectivity index (χ2v) is 6.28. The van der Waals surface area contributed by atoms with Gasteiger partial charge < -0.3 is 10.6 Å². The predicted octanol–water partition coefficient (Wildman–Crippen LogP) is 4.95. The monoisotopic (exact) mass is 388 g/mol. The third-order valence-corrected chi connectivity index (χ3v) is 3.84. The van der Waals surface area contributed by atoms with E-state index in [1.54, 1.807) is 18.0 Å².